The van der Waals surface area contributed by atoms with Gasteiger partial charge in [0, 0.05) is 29.4 Å². The van der Waals surface area contributed by atoms with Crippen molar-refractivity contribution in [3.05, 3.63) is 87.6 Å². The third-order valence-corrected chi connectivity index (χ3v) is 8.67. The van der Waals surface area contributed by atoms with Crippen molar-refractivity contribution in [3.8, 4) is 17.0 Å². The summed E-state index contributed by atoms with van der Waals surface area (Å²) in [7, 11) is 1.42. The topological polar surface area (TPSA) is 89.0 Å². The molecule has 1 aliphatic heterocycles. The second kappa shape index (κ2) is 12.0. The molecule has 1 N–H and O–H groups in total. The Hall–Kier alpha value is -4.48. The normalized spacial score (nSPS) is 19.8. The van der Waals surface area contributed by atoms with Gasteiger partial charge in [-0.2, -0.15) is 13.2 Å². The molecule has 0 saturated carbocycles. The van der Waals surface area contributed by atoms with E-state index < -0.39 is 53.1 Å². The first-order chi connectivity index (χ1) is 21.5. The number of aromatic carboxylic acids is 1. The van der Waals surface area contributed by atoms with Crippen molar-refractivity contribution in [2.45, 2.75) is 65.3 Å². The van der Waals surface area contributed by atoms with Crippen molar-refractivity contribution < 1.29 is 46.1 Å². The minimum absolute atomic E-state index is 0.108. The van der Waals surface area contributed by atoms with Crippen LogP contribution in [0.4, 0.5) is 26.7 Å². The van der Waals surface area contributed by atoms with Gasteiger partial charge >= 0.3 is 18.2 Å². The fourth-order valence-corrected chi connectivity index (χ4v) is 6.31. The van der Waals surface area contributed by atoms with E-state index in [1.165, 1.54) is 24.3 Å². The first kappa shape index (κ1) is 32.9. The van der Waals surface area contributed by atoms with Crippen LogP contribution < -0.4 is 4.74 Å². The quantitative estimate of drug-likeness (QED) is 0.259. The molecular weight excluding hydrogens is 611 g/mol. The number of methoxy groups -OCH3 is 1. The van der Waals surface area contributed by atoms with Crippen LogP contribution in [0.1, 0.15) is 78.7 Å². The highest BCUT2D eigenvalue weighted by molar-refractivity contribution is 5.89. The summed E-state index contributed by atoms with van der Waals surface area (Å²) in [5.41, 5.74) is 0.973. The number of allylic oxidation sites excluding steroid dienone is 1. The van der Waals surface area contributed by atoms with E-state index in [9.17, 15) is 32.3 Å². The molecule has 2 aromatic carbocycles. The van der Waals surface area contributed by atoms with Gasteiger partial charge in [0.15, 0.2) is 11.6 Å². The monoisotopic (exact) mass is 644 g/mol. The summed E-state index contributed by atoms with van der Waals surface area (Å²) in [6, 6.07) is 6.77. The Labute approximate surface area is 262 Å². The van der Waals surface area contributed by atoms with Crippen LogP contribution in [-0.2, 0) is 10.9 Å². The van der Waals surface area contributed by atoms with Gasteiger partial charge < -0.3 is 14.6 Å². The number of halogens is 5. The fourth-order valence-electron chi connectivity index (χ4n) is 6.31. The van der Waals surface area contributed by atoms with E-state index in [2.05, 4.69) is 18.8 Å². The van der Waals surface area contributed by atoms with Gasteiger partial charge in [-0.1, -0.05) is 31.5 Å². The number of carboxylic acid groups (broad SMARTS) is 1. The molecule has 1 saturated heterocycles. The highest BCUT2D eigenvalue weighted by Gasteiger charge is 2.42. The molecule has 0 radical (unpaired) electrons. The highest BCUT2D eigenvalue weighted by Crippen LogP contribution is 2.46. The van der Waals surface area contributed by atoms with Gasteiger partial charge in [0.1, 0.15) is 6.10 Å². The molecule has 2 heterocycles. The van der Waals surface area contributed by atoms with E-state index >= 15 is 4.39 Å². The second-order valence-corrected chi connectivity index (χ2v) is 12.6. The Morgan fingerprint density at radius 1 is 1.13 bits per heavy atom. The largest absolute Gasteiger partial charge is 0.481 e. The third-order valence-electron chi connectivity index (χ3n) is 8.67. The molecular formula is C34H33F5N2O5. The van der Waals surface area contributed by atoms with E-state index in [-0.39, 0.29) is 34.5 Å². The van der Waals surface area contributed by atoms with Crippen molar-refractivity contribution in [1.29, 1.82) is 0 Å². The molecule has 0 bridgehead atoms. The molecule has 3 aromatic rings. The first-order valence-electron chi connectivity index (χ1n) is 14.6. The molecule has 2 atom stereocenters. The number of alkyl halides is 3. The van der Waals surface area contributed by atoms with Crippen molar-refractivity contribution in [2.24, 2.45) is 5.41 Å². The predicted molar refractivity (Wildman–Crippen MR) is 159 cm³/mol. The first-order valence-corrected chi connectivity index (χ1v) is 14.6. The summed E-state index contributed by atoms with van der Waals surface area (Å²) in [6.45, 7) is 7.54. The summed E-state index contributed by atoms with van der Waals surface area (Å²) in [5.74, 6) is -4.21. The molecule has 7 nitrogen and oxygen atoms in total. The smallest absolute Gasteiger partial charge is 0.416 e. The molecule has 1 aromatic heterocycles. The fraction of sp³-hybridized carbons (Fsp3) is 0.382. The molecule has 46 heavy (non-hydrogen) atoms. The van der Waals surface area contributed by atoms with Gasteiger partial charge in [0.05, 0.1) is 24.3 Å². The van der Waals surface area contributed by atoms with Crippen molar-refractivity contribution in [3.63, 3.8) is 0 Å². The van der Waals surface area contributed by atoms with Gasteiger partial charge in [0.25, 0.3) is 0 Å². The number of rotatable bonds is 7. The van der Waals surface area contributed by atoms with Gasteiger partial charge in [-0.15, -0.1) is 0 Å². The maximum atomic E-state index is 15.1. The molecule has 1 amide bonds. The lowest BCUT2D eigenvalue weighted by Crippen LogP contribution is -2.35. The number of pyridine rings is 1. The van der Waals surface area contributed by atoms with Gasteiger partial charge in [0.2, 0.25) is 5.88 Å². The van der Waals surface area contributed by atoms with Gasteiger partial charge in [-0.3, -0.25) is 4.90 Å². The Morgan fingerprint density at radius 2 is 1.85 bits per heavy atom. The minimum Gasteiger partial charge on any atom is -0.481 e. The zero-order valence-corrected chi connectivity index (χ0v) is 25.9. The van der Waals surface area contributed by atoms with E-state index in [1.54, 1.807) is 26.0 Å². The van der Waals surface area contributed by atoms with Crippen molar-refractivity contribution >= 4 is 17.6 Å². The van der Waals surface area contributed by atoms with E-state index in [0.29, 0.717) is 24.0 Å². The van der Waals surface area contributed by atoms with E-state index in [0.717, 1.165) is 35.8 Å². The Kier molecular flexibility index (Phi) is 8.61. The lowest BCUT2D eigenvalue weighted by atomic mass is 9.72. The van der Waals surface area contributed by atoms with Crippen LogP contribution >= 0.6 is 0 Å². The number of benzene rings is 2. The molecule has 0 spiro atoms. The average Bonchev–Trinajstić information content (AvgIpc) is 3.25. The zero-order valence-electron chi connectivity index (χ0n) is 25.9. The van der Waals surface area contributed by atoms with Crippen molar-refractivity contribution in [1.82, 2.24) is 9.88 Å². The summed E-state index contributed by atoms with van der Waals surface area (Å²) >= 11 is 0. The minimum atomic E-state index is -4.56. The molecule has 2 aliphatic rings. The second-order valence-electron chi connectivity index (χ2n) is 12.6. The number of ether oxygens (including phenoxy) is 2. The van der Waals surface area contributed by atoms with E-state index in [1.807, 2.05) is 0 Å². The Morgan fingerprint density at radius 3 is 2.50 bits per heavy atom. The van der Waals surface area contributed by atoms with Crippen LogP contribution in [0.2, 0.25) is 0 Å². The number of carboxylic acids is 1. The van der Waals surface area contributed by atoms with Crippen LogP contribution in [-0.4, -0.2) is 46.7 Å². The number of aromatic nitrogens is 1. The molecule has 12 heteroatoms. The van der Waals surface area contributed by atoms with Crippen LogP contribution in [0, 0.1) is 24.0 Å². The van der Waals surface area contributed by atoms with Crippen LogP contribution in [0.25, 0.3) is 16.7 Å². The predicted octanol–water partition coefficient (Wildman–Crippen LogP) is 8.61. The molecule has 1 fully saturated rings. The maximum Gasteiger partial charge on any atom is 0.416 e. The zero-order chi connectivity index (χ0) is 33.7. The molecule has 0 unspecified atom stereocenters. The molecule has 1 aliphatic carbocycles. The number of cyclic esters (lactones) is 1. The number of hydrogen-bond acceptors (Lipinski definition) is 5. The average molecular weight is 645 g/mol. The van der Waals surface area contributed by atoms with Crippen molar-refractivity contribution in [2.75, 3.05) is 13.7 Å². The van der Waals surface area contributed by atoms with Gasteiger partial charge in [-0.25, -0.2) is 23.4 Å². The van der Waals surface area contributed by atoms with Crippen LogP contribution in [0.15, 0.2) is 48.2 Å². The molecule has 244 valence electrons. The number of aryl methyl sites for hydroxylation is 1. The number of carbonyl (C=O) groups is 2. The number of amides is 1. The highest BCUT2D eigenvalue weighted by atomic mass is 19.4. The lowest BCUT2D eigenvalue weighted by Gasteiger charge is -2.35. The summed E-state index contributed by atoms with van der Waals surface area (Å²) in [5, 5.41) is 9.17. The van der Waals surface area contributed by atoms with Crippen LogP contribution in [0.5, 0.6) is 5.88 Å². The molecule has 5 rings (SSSR count). The third kappa shape index (κ3) is 6.29. The lowest BCUT2D eigenvalue weighted by molar-refractivity contribution is -0.137. The SMILES string of the molecule is COc1ncc(-c2ccc(C(=O)O)c(F)c2F)cc1C1=C(CN2C(=O)O[C@H](c3cc(C)cc(C(F)(F)F)c3)[C@@H]2C)CC(C)(C)CC1. The van der Waals surface area contributed by atoms with Gasteiger partial charge in [-0.05, 0) is 79.5 Å². The van der Waals surface area contributed by atoms with E-state index in [4.69, 9.17) is 9.47 Å². The standard InChI is InChI=1S/C34H33F5N2O5/c1-17-10-19(12-22(11-17)34(37,38)39)29-18(2)41(32(44)46-29)16-21-14-33(3,4)9-8-23(21)26-13-20(15-40-30(26)45-5)24-6-7-25(31(42)43)28(36)27(24)35/h6-7,10-13,15,18,29H,8-9,14,16H2,1-5H3,(H,42,43)/t18-,29-/m0/s1. The maximum absolute atomic E-state index is 15.1. The Balaban J connectivity index is 1.55. The number of hydrogen-bond donors (Lipinski definition) is 1. The summed E-state index contributed by atoms with van der Waals surface area (Å²) in [6.07, 6.45) is -3.02. The van der Waals surface area contributed by atoms with Crippen LogP contribution in [0.3, 0.4) is 0 Å². The number of carbonyl (C=O) groups excluding carboxylic acids is 1. The number of nitrogens with zero attached hydrogens (tertiary/aromatic N) is 2. The Bertz CT molecular complexity index is 1750. The summed E-state index contributed by atoms with van der Waals surface area (Å²) < 4.78 is 81.5. The summed E-state index contributed by atoms with van der Waals surface area (Å²) in [4.78, 5) is 30.3.